The van der Waals surface area contributed by atoms with E-state index < -0.39 is 24.9 Å². The van der Waals surface area contributed by atoms with Crippen molar-refractivity contribution in [2.75, 3.05) is 40.6 Å². The molecule has 0 aliphatic rings. The maximum Gasteiger partial charge on any atom is 0.422 e. The van der Waals surface area contributed by atoms with E-state index in [-0.39, 0.29) is 19.8 Å². The Hall–Kier alpha value is -1.02. The molecule has 0 spiro atoms. The zero-order chi connectivity index (χ0) is 14.2. The number of ether oxygens (including phenoxy) is 3. The van der Waals surface area contributed by atoms with E-state index in [1.807, 2.05) is 0 Å². The van der Waals surface area contributed by atoms with E-state index in [0.29, 0.717) is 0 Å². The third-order valence-electron chi connectivity index (χ3n) is 2.07. The number of carbonyl (C=O) groups excluding carboxylic acids is 1. The molecule has 8 heteroatoms. The maximum absolute atomic E-state index is 11.9. The average molecular weight is 273 g/mol. The highest BCUT2D eigenvalue weighted by Gasteiger charge is 2.31. The van der Waals surface area contributed by atoms with Gasteiger partial charge in [-0.15, -0.1) is 0 Å². The van der Waals surface area contributed by atoms with Gasteiger partial charge in [0.05, 0.1) is 19.3 Å². The minimum absolute atomic E-state index is 0.137. The summed E-state index contributed by atoms with van der Waals surface area (Å²) in [5.41, 5.74) is 0. The molecule has 0 aromatic carbocycles. The molecule has 0 bridgehead atoms. The van der Waals surface area contributed by atoms with E-state index in [1.165, 1.54) is 14.2 Å². The summed E-state index contributed by atoms with van der Waals surface area (Å²) < 4.78 is 49.6. The van der Waals surface area contributed by atoms with Crippen LogP contribution in [-0.4, -0.2) is 63.8 Å². The molecule has 0 aliphatic carbocycles. The van der Waals surface area contributed by atoms with Crippen molar-refractivity contribution in [2.24, 2.45) is 0 Å². The summed E-state index contributed by atoms with van der Waals surface area (Å²) in [5, 5.41) is 0. The molecule has 0 aromatic heterocycles. The topological polar surface area (TPSA) is 48.0 Å². The fourth-order valence-electron chi connectivity index (χ4n) is 1.24. The van der Waals surface area contributed by atoms with Crippen LogP contribution in [-0.2, 0) is 14.2 Å². The highest BCUT2D eigenvalue weighted by Crippen LogP contribution is 2.15. The second-order valence-corrected chi connectivity index (χ2v) is 3.66. The molecule has 0 fully saturated rings. The molecule has 0 rings (SSSR count). The summed E-state index contributed by atoms with van der Waals surface area (Å²) in [6, 6.07) is -0.397. The quantitative estimate of drug-likeness (QED) is 0.708. The third-order valence-corrected chi connectivity index (χ3v) is 2.07. The van der Waals surface area contributed by atoms with E-state index in [0.717, 1.165) is 4.90 Å². The Bertz CT molecular complexity index is 248. The minimum atomic E-state index is -4.53. The van der Waals surface area contributed by atoms with Crippen molar-refractivity contribution in [2.45, 2.75) is 19.1 Å². The second-order valence-electron chi connectivity index (χ2n) is 3.66. The lowest BCUT2D eigenvalue weighted by Crippen LogP contribution is -2.44. The van der Waals surface area contributed by atoms with Crippen LogP contribution >= 0.6 is 0 Å². The Morgan fingerprint density at radius 1 is 1.28 bits per heavy atom. The van der Waals surface area contributed by atoms with Crippen molar-refractivity contribution >= 4 is 6.09 Å². The summed E-state index contributed by atoms with van der Waals surface area (Å²) in [6.07, 6.45) is -5.57. The molecule has 108 valence electrons. The molecule has 0 aromatic rings. The van der Waals surface area contributed by atoms with Crippen molar-refractivity contribution in [3.63, 3.8) is 0 Å². The number of hydrogen-bond donors (Lipinski definition) is 0. The molecule has 1 amide bonds. The number of amides is 1. The van der Waals surface area contributed by atoms with E-state index in [2.05, 4.69) is 4.74 Å². The predicted molar refractivity (Wildman–Crippen MR) is 57.3 cm³/mol. The van der Waals surface area contributed by atoms with Crippen molar-refractivity contribution in [1.82, 2.24) is 4.90 Å². The van der Waals surface area contributed by atoms with Gasteiger partial charge in [0.2, 0.25) is 0 Å². The van der Waals surface area contributed by atoms with Gasteiger partial charge in [0.1, 0.15) is 0 Å². The first-order chi connectivity index (χ1) is 8.31. The zero-order valence-electron chi connectivity index (χ0n) is 10.6. The molecule has 0 aliphatic heterocycles. The van der Waals surface area contributed by atoms with Crippen molar-refractivity contribution < 1.29 is 32.2 Å². The first-order valence-electron chi connectivity index (χ1n) is 5.29. The fourth-order valence-corrected chi connectivity index (χ4v) is 1.24. The lowest BCUT2D eigenvalue weighted by Gasteiger charge is -2.27. The molecular formula is C10H18F3NO4. The van der Waals surface area contributed by atoms with Crippen molar-refractivity contribution in [3.8, 4) is 0 Å². The number of methoxy groups -OCH3 is 2. The van der Waals surface area contributed by atoms with Crippen LogP contribution in [0, 0.1) is 0 Å². The normalized spacial score (nSPS) is 13.2. The Morgan fingerprint density at radius 3 is 2.33 bits per heavy atom. The first kappa shape index (κ1) is 17.0. The van der Waals surface area contributed by atoms with Crippen LogP contribution < -0.4 is 0 Å². The van der Waals surface area contributed by atoms with Crippen molar-refractivity contribution in [1.29, 1.82) is 0 Å². The largest absolute Gasteiger partial charge is 0.440 e. The smallest absolute Gasteiger partial charge is 0.422 e. The standard InChI is InChI=1S/C10H18F3NO4/c1-8(6-17-3)14(4-5-16-2)9(15)18-7-10(11,12)13/h8H,4-7H2,1-3H3. The average Bonchev–Trinajstić information content (AvgIpc) is 2.26. The Labute approximate surface area is 104 Å². The molecule has 0 saturated carbocycles. The number of halogens is 3. The van der Waals surface area contributed by atoms with E-state index in [1.54, 1.807) is 6.92 Å². The zero-order valence-corrected chi connectivity index (χ0v) is 10.6. The van der Waals surface area contributed by atoms with E-state index in [9.17, 15) is 18.0 Å². The van der Waals surface area contributed by atoms with Gasteiger partial charge in [0.25, 0.3) is 0 Å². The van der Waals surface area contributed by atoms with Gasteiger partial charge in [-0.25, -0.2) is 4.79 Å². The Morgan fingerprint density at radius 2 is 1.89 bits per heavy atom. The number of carbonyl (C=O) groups is 1. The van der Waals surface area contributed by atoms with Crippen LogP contribution in [0.2, 0.25) is 0 Å². The van der Waals surface area contributed by atoms with Gasteiger partial charge in [-0.3, -0.25) is 0 Å². The molecule has 0 radical (unpaired) electrons. The highest BCUT2D eigenvalue weighted by molar-refractivity contribution is 5.68. The van der Waals surface area contributed by atoms with Gasteiger partial charge in [-0.1, -0.05) is 0 Å². The van der Waals surface area contributed by atoms with Crippen LogP contribution in [0.15, 0.2) is 0 Å². The lowest BCUT2D eigenvalue weighted by atomic mass is 10.3. The van der Waals surface area contributed by atoms with E-state index in [4.69, 9.17) is 9.47 Å². The number of nitrogens with zero attached hydrogens (tertiary/aromatic N) is 1. The van der Waals surface area contributed by atoms with Crippen LogP contribution in [0.4, 0.5) is 18.0 Å². The third kappa shape index (κ3) is 7.33. The van der Waals surface area contributed by atoms with Gasteiger partial charge in [-0.2, -0.15) is 13.2 Å². The van der Waals surface area contributed by atoms with E-state index >= 15 is 0 Å². The highest BCUT2D eigenvalue weighted by atomic mass is 19.4. The van der Waals surface area contributed by atoms with Crippen LogP contribution in [0.5, 0.6) is 0 Å². The summed E-state index contributed by atoms with van der Waals surface area (Å²) in [5.74, 6) is 0. The molecular weight excluding hydrogens is 255 g/mol. The van der Waals surface area contributed by atoms with Gasteiger partial charge < -0.3 is 19.1 Å². The molecule has 5 nitrogen and oxygen atoms in total. The Balaban J connectivity index is 4.39. The number of hydrogen-bond acceptors (Lipinski definition) is 4. The monoisotopic (exact) mass is 273 g/mol. The summed E-state index contributed by atoms with van der Waals surface area (Å²) in [6.45, 7) is 0.584. The van der Waals surface area contributed by atoms with Gasteiger partial charge in [-0.05, 0) is 6.92 Å². The maximum atomic E-state index is 11.9. The SMILES string of the molecule is COCCN(C(=O)OCC(F)(F)F)C(C)COC. The summed E-state index contributed by atoms with van der Waals surface area (Å²) in [4.78, 5) is 12.6. The molecule has 1 unspecified atom stereocenters. The summed E-state index contributed by atoms with van der Waals surface area (Å²) >= 11 is 0. The molecule has 1 atom stereocenters. The van der Waals surface area contributed by atoms with Crippen LogP contribution in [0.1, 0.15) is 6.92 Å². The second kappa shape index (κ2) is 8.15. The molecule has 0 N–H and O–H groups in total. The number of alkyl halides is 3. The number of rotatable bonds is 7. The molecule has 0 saturated heterocycles. The van der Waals surface area contributed by atoms with Crippen LogP contribution in [0.3, 0.4) is 0 Å². The fraction of sp³-hybridized carbons (Fsp3) is 0.900. The summed E-state index contributed by atoms with van der Waals surface area (Å²) in [7, 11) is 2.87. The molecule has 18 heavy (non-hydrogen) atoms. The molecule has 0 heterocycles. The predicted octanol–water partition coefficient (Wildman–Crippen LogP) is 1.67. The van der Waals surface area contributed by atoms with Gasteiger partial charge in [0, 0.05) is 20.8 Å². The lowest BCUT2D eigenvalue weighted by molar-refractivity contribution is -0.163. The Kier molecular flexibility index (Phi) is 7.69. The van der Waals surface area contributed by atoms with Crippen molar-refractivity contribution in [3.05, 3.63) is 0 Å². The first-order valence-corrected chi connectivity index (χ1v) is 5.29. The van der Waals surface area contributed by atoms with Crippen LogP contribution in [0.25, 0.3) is 0 Å². The van der Waals surface area contributed by atoms with Gasteiger partial charge in [0.15, 0.2) is 6.61 Å². The minimum Gasteiger partial charge on any atom is -0.440 e. The van der Waals surface area contributed by atoms with Gasteiger partial charge >= 0.3 is 12.3 Å².